The second-order valence-electron chi connectivity index (χ2n) is 5.66. The molecule has 0 aliphatic rings. The molecule has 0 bridgehead atoms. The SMILES string of the molecule is CCOc1ccc(C(=O)NCc2cccnc2-c2ccc(F)cc2)cc1. The number of ether oxygens (including phenoxy) is 1. The summed E-state index contributed by atoms with van der Waals surface area (Å²) in [5.41, 5.74) is 2.94. The fourth-order valence-electron chi connectivity index (χ4n) is 2.60. The monoisotopic (exact) mass is 350 g/mol. The first-order chi connectivity index (χ1) is 12.7. The summed E-state index contributed by atoms with van der Waals surface area (Å²) in [6, 6.07) is 16.8. The largest absolute Gasteiger partial charge is 0.494 e. The smallest absolute Gasteiger partial charge is 0.251 e. The van der Waals surface area contributed by atoms with Gasteiger partial charge in [0.1, 0.15) is 11.6 Å². The van der Waals surface area contributed by atoms with Gasteiger partial charge in [0, 0.05) is 23.9 Å². The molecule has 1 amide bonds. The summed E-state index contributed by atoms with van der Waals surface area (Å²) >= 11 is 0. The maximum atomic E-state index is 13.1. The number of pyridine rings is 1. The zero-order valence-electron chi connectivity index (χ0n) is 14.4. The lowest BCUT2D eigenvalue weighted by molar-refractivity contribution is 0.0951. The summed E-state index contributed by atoms with van der Waals surface area (Å²) in [6.07, 6.45) is 1.68. The molecule has 0 aliphatic heterocycles. The maximum Gasteiger partial charge on any atom is 0.251 e. The number of nitrogens with zero attached hydrogens (tertiary/aromatic N) is 1. The van der Waals surface area contributed by atoms with Gasteiger partial charge in [-0.15, -0.1) is 0 Å². The number of halogens is 1. The molecule has 1 aromatic heterocycles. The lowest BCUT2D eigenvalue weighted by Gasteiger charge is -2.10. The molecular formula is C21H19FN2O2. The molecule has 1 heterocycles. The molecule has 4 nitrogen and oxygen atoms in total. The van der Waals surface area contributed by atoms with E-state index in [0.717, 1.165) is 22.6 Å². The van der Waals surface area contributed by atoms with Crippen molar-refractivity contribution < 1.29 is 13.9 Å². The van der Waals surface area contributed by atoms with Crippen LogP contribution in [0, 0.1) is 5.82 Å². The molecule has 3 rings (SSSR count). The molecular weight excluding hydrogens is 331 g/mol. The zero-order chi connectivity index (χ0) is 18.4. The molecule has 0 radical (unpaired) electrons. The van der Waals surface area contributed by atoms with E-state index in [2.05, 4.69) is 10.3 Å². The highest BCUT2D eigenvalue weighted by Crippen LogP contribution is 2.21. The van der Waals surface area contributed by atoms with Crippen molar-refractivity contribution >= 4 is 5.91 Å². The second kappa shape index (κ2) is 8.25. The molecule has 0 spiro atoms. The van der Waals surface area contributed by atoms with Crippen molar-refractivity contribution in [2.24, 2.45) is 0 Å². The topological polar surface area (TPSA) is 51.2 Å². The van der Waals surface area contributed by atoms with Crippen LogP contribution >= 0.6 is 0 Å². The van der Waals surface area contributed by atoms with Gasteiger partial charge in [-0.3, -0.25) is 9.78 Å². The van der Waals surface area contributed by atoms with E-state index >= 15 is 0 Å². The van der Waals surface area contributed by atoms with E-state index in [0.29, 0.717) is 18.7 Å². The number of aromatic nitrogens is 1. The number of benzene rings is 2. The van der Waals surface area contributed by atoms with E-state index in [1.54, 1.807) is 42.6 Å². The van der Waals surface area contributed by atoms with Crippen molar-refractivity contribution in [2.75, 3.05) is 6.61 Å². The Labute approximate surface area is 151 Å². The number of nitrogens with one attached hydrogen (secondary N) is 1. The van der Waals surface area contributed by atoms with Gasteiger partial charge < -0.3 is 10.1 Å². The third-order valence-corrected chi connectivity index (χ3v) is 3.88. The molecule has 132 valence electrons. The average molecular weight is 350 g/mol. The summed E-state index contributed by atoms with van der Waals surface area (Å²) < 4.78 is 18.5. The Morgan fingerprint density at radius 3 is 2.50 bits per heavy atom. The number of carbonyl (C=O) groups excluding carboxylic acids is 1. The number of amides is 1. The number of hydrogen-bond donors (Lipinski definition) is 1. The molecule has 0 atom stereocenters. The Morgan fingerprint density at radius 2 is 1.81 bits per heavy atom. The van der Waals surface area contributed by atoms with Crippen molar-refractivity contribution in [1.82, 2.24) is 10.3 Å². The van der Waals surface area contributed by atoms with Gasteiger partial charge in [-0.05, 0) is 67.1 Å². The van der Waals surface area contributed by atoms with Gasteiger partial charge in [-0.2, -0.15) is 0 Å². The molecule has 0 fully saturated rings. The minimum Gasteiger partial charge on any atom is -0.494 e. The van der Waals surface area contributed by atoms with E-state index in [-0.39, 0.29) is 11.7 Å². The van der Waals surface area contributed by atoms with Crippen molar-refractivity contribution in [1.29, 1.82) is 0 Å². The summed E-state index contributed by atoms with van der Waals surface area (Å²) in [5, 5.41) is 2.89. The Hall–Kier alpha value is -3.21. The average Bonchev–Trinajstić information content (AvgIpc) is 2.68. The fraction of sp³-hybridized carbons (Fsp3) is 0.143. The fourth-order valence-corrected chi connectivity index (χ4v) is 2.60. The highest BCUT2D eigenvalue weighted by atomic mass is 19.1. The zero-order valence-corrected chi connectivity index (χ0v) is 14.4. The Balaban J connectivity index is 1.71. The predicted octanol–water partition coefficient (Wildman–Crippen LogP) is 4.22. The van der Waals surface area contributed by atoms with Crippen LogP contribution < -0.4 is 10.1 Å². The summed E-state index contributed by atoms with van der Waals surface area (Å²) in [7, 11) is 0. The van der Waals surface area contributed by atoms with E-state index in [1.165, 1.54) is 12.1 Å². The standard InChI is InChI=1S/C21H19FN2O2/c1-2-26-19-11-7-16(8-12-19)21(25)24-14-17-4-3-13-23-20(17)15-5-9-18(22)10-6-15/h3-13H,2,14H2,1H3,(H,24,25). The van der Waals surface area contributed by atoms with E-state index in [4.69, 9.17) is 4.74 Å². The van der Waals surface area contributed by atoms with Crippen LogP contribution in [0.25, 0.3) is 11.3 Å². The van der Waals surface area contributed by atoms with Gasteiger partial charge in [-0.25, -0.2) is 4.39 Å². The lowest BCUT2D eigenvalue weighted by atomic mass is 10.1. The molecule has 1 N–H and O–H groups in total. The normalized spacial score (nSPS) is 10.4. The lowest BCUT2D eigenvalue weighted by Crippen LogP contribution is -2.23. The van der Waals surface area contributed by atoms with Gasteiger partial charge in [0.2, 0.25) is 0 Å². The van der Waals surface area contributed by atoms with Crippen LogP contribution in [-0.2, 0) is 6.54 Å². The van der Waals surface area contributed by atoms with Crippen molar-refractivity contribution in [3.05, 3.63) is 83.8 Å². The molecule has 0 saturated carbocycles. The van der Waals surface area contributed by atoms with Crippen molar-refractivity contribution in [3.63, 3.8) is 0 Å². The summed E-state index contributed by atoms with van der Waals surface area (Å²) in [6.45, 7) is 2.82. The van der Waals surface area contributed by atoms with Crippen molar-refractivity contribution in [3.8, 4) is 17.0 Å². The van der Waals surface area contributed by atoms with Gasteiger partial charge in [-0.1, -0.05) is 6.07 Å². The number of rotatable bonds is 6. The van der Waals surface area contributed by atoms with Gasteiger partial charge in [0.05, 0.1) is 12.3 Å². The third-order valence-electron chi connectivity index (χ3n) is 3.88. The van der Waals surface area contributed by atoms with E-state index in [9.17, 15) is 9.18 Å². The number of hydrogen-bond acceptors (Lipinski definition) is 3. The highest BCUT2D eigenvalue weighted by molar-refractivity contribution is 5.94. The third kappa shape index (κ3) is 4.25. The number of carbonyl (C=O) groups is 1. The van der Waals surface area contributed by atoms with Crippen LogP contribution in [0.15, 0.2) is 66.9 Å². The minimum absolute atomic E-state index is 0.179. The van der Waals surface area contributed by atoms with E-state index < -0.39 is 0 Å². The van der Waals surface area contributed by atoms with Gasteiger partial charge in [0.15, 0.2) is 0 Å². The molecule has 0 saturated heterocycles. The first-order valence-corrected chi connectivity index (χ1v) is 8.38. The Kier molecular flexibility index (Phi) is 5.59. The first kappa shape index (κ1) is 17.6. The molecule has 3 aromatic rings. The van der Waals surface area contributed by atoms with Crippen LogP contribution in [0.3, 0.4) is 0 Å². The maximum absolute atomic E-state index is 13.1. The van der Waals surface area contributed by atoms with Gasteiger partial charge in [0.25, 0.3) is 5.91 Å². The summed E-state index contributed by atoms with van der Waals surface area (Å²) in [5.74, 6) is 0.256. The first-order valence-electron chi connectivity index (χ1n) is 8.38. The second-order valence-corrected chi connectivity index (χ2v) is 5.66. The highest BCUT2D eigenvalue weighted by Gasteiger charge is 2.10. The summed E-state index contributed by atoms with van der Waals surface area (Å²) in [4.78, 5) is 16.7. The Morgan fingerprint density at radius 1 is 1.08 bits per heavy atom. The quantitative estimate of drug-likeness (QED) is 0.724. The van der Waals surface area contributed by atoms with Crippen molar-refractivity contribution in [2.45, 2.75) is 13.5 Å². The van der Waals surface area contributed by atoms with E-state index in [1.807, 2.05) is 19.1 Å². The Bertz CT molecular complexity index is 877. The molecule has 2 aromatic carbocycles. The molecule has 0 aliphatic carbocycles. The van der Waals surface area contributed by atoms with Crippen LogP contribution in [0.2, 0.25) is 0 Å². The molecule has 0 unspecified atom stereocenters. The molecule has 5 heteroatoms. The van der Waals surface area contributed by atoms with Crippen LogP contribution in [-0.4, -0.2) is 17.5 Å². The van der Waals surface area contributed by atoms with Crippen LogP contribution in [0.1, 0.15) is 22.8 Å². The molecule has 26 heavy (non-hydrogen) atoms. The predicted molar refractivity (Wildman–Crippen MR) is 98.4 cm³/mol. The van der Waals surface area contributed by atoms with Crippen LogP contribution in [0.5, 0.6) is 5.75 Å². The van der Waals surface area contributed by atoms with Crippen LogP contribution in [0.4, 0.5) is 4.39 Å². The van der Waals surface area contributed by atoms with Gasteiger partial charge >= 0.3 is 0 Å². The minimum atomic E-state index is -0.296.